The summed E-state index contributed by atoms with van der Waals surface area (Å²) in [4.78, 5) is 32.0. The standard InChI is InChI=1S/C21H24N4O3/c1-4-13(2)18(19-23-16-7-5-6-8-17(16)24-19)25-21(27)22-15-11-9-14(10-12-15)20(26)28-3/h5-13,18H,4H2,1-3H3,(H,23,24)(H2,22,25,27)/t13-,18-/m0/s1. The molecule has 28 heavy (non-hydrogen) atoms. The number of H-pyrrole nitrogens is 1. The third kappa shape index (κ3) is 4.31. The third-order valence-corrected chi connectivity index (χ3v) is 4.77. The molecule has 7 nitrogen and oxygen atoms in total. The number of nitrogens with zero attached hydrogens (tertiary/aromatic N) is 1. The Morgan fingerprint density at radius 2 is 1.86 bits per heavy atom. The van der Waals surface area contributed by atoms with Crippen molar-refractivity contribution in [3.63, 3.8) is 0 Å². The van der Waals surface area contributed by atoms with Crippen molar-refractivity contribution in [2.24, 2.45) is 5.92 Å². The van der Waals surface area contributed by atoms with Crippen molar-refractivity contribution in [3.8, 4) is 0 Å². The van der Waals surface area contributed by atoms with E-state index >= 15 is 0 Å². The van der Waals surface area contributed by atoms with E-state index < -0.39 is 5.97 Å². The van der Waals surface area contributed by atoms with Crippen LogP contribution in [0.5, 0.6) is 0 Å². The van der Waals surface area contributed by atoms with Crippen molar-refractivity contribution >= 4 is 28.7 Å². The second-order valence-corrected chi connectivity index (χ2v) is 6.67. The molecule has 146 valence electrons. The summed E-state index contributed by atoms with van der Waals surface area (Å²) in [6, 6.07) is 13.7. The van der Waals surface area contributed by atoms with E-state index in [4.69, 9.17) is 0 Å². The van der Waals surface area contributed by atoms with E-state index in [0.29, 0.717) is 11.3 Å². The lowest BCUT2D eigenvalue weighted by Gasteiger charge is -2.22. The zero-order chi connectivity index (χ0) is 20.1. The molecule has 0 aliphatic carbocycles. The molecule has 0 spiro atoms. The molecule has 0 bridgehead atoms. The maximum Gasteiger partial charge on any atom is 0.337 e. The molecule has 7 heteroatoms. The minimum atomic E-state index is -0.419. The fourth-order valence-corrected chi connectivity index (χ4v) is 2.95. The van der Waals surface area contributed by atoms with Gasteiger partial charge in [-0.05, 0) is 42.3 Å². The molecule has 2 amide bonds. The van der Waals surface area contributed by atoms with Crippen molar-refractivity contribution in [1.29, 1.82) is 0 Å². The predicted molar refractivity (Wildman–Crippen MR) is 108 cm³/mol. The number of nitrogens with one attached hydrogen (secondary N) is 3. The van der Waals surface area contributed by atoms with Gasteiger partial charge in [-0.15, -0.1) is 0 Å². The fourth-order valence-electron chi connectivity index (χ4n) is 2.95. The van der Waals surface area contributed by atoms with E-state index in [1.165, 1.54) is 7.11 Å². The Morgan fingerprint density at radius 1 is 1.14 bits per heavy atom. The highest BCUT2D eigenvalue weighted by molar-refractivity contribution is 5.92. The summed E-state index contributed by atoms with van der Waals surface area (Å²) in [5.74, 6) is 0.498. The van der Waals surface area contributed by atoms with Crippen LogP contribution in [0, 0.1) is 5.92 Å². The van der Waals surface area contributed by atoms with Crippen molar-refractivity contribution in [1.82, 2.24) is 15.3 Å². The number of benzene rings is 2. The number of para-hydroxylation sites is 2. The molecular formula is C21H24N4O3. The SMILES string of the molecule is CC[C@H](C)[C@H](NC(=O)Nc1ccc(C(=O)OC)cc1)c1nc2ccccc2[nH]1. The number of fused-ring (bicyclic) bond motifs is 1. The first-order valence-corrected chi connectivity index (χ1v) is 9.22. The third-order valence-electron chi connectivity index (χ3n) is 4.77. The highest BCUT2D eigenvalue weighted by Crippen LogP contribution is 2.24. The van der Waals surface area contributed by atoms with Crippen LogP contribution < -0.4 is 10.6 Å². The quantitative estimate of drug-likeness (QED) is 0.557. The number of rotatable bonds is 6. The van der Waals surface area contributed by atoms with E-state index in [9.17, 15) is 9.59 Å². The van der Waals surface area contributed by atoms with Gasteiger partial charge in [-0.2, -0.15) is 0 Å². The molecule has 0 radical (unpaired) electrons. The largest absolute Gasteiger partial charge is 0.465 e. The van der Waals surface area contributed by atoms with Crippen LogP contribution in [0.2, 0.25) is 0 Å². The molecule has 3 rings (SSSR count). The van der Waals surface area contributed by atoms with Crippen LogP contribution in [-0.4, -0.2) is 29.1 Å². The number of carbonyl (C=O) groups is 2. The van der Waals surface area contributed by atoms with Gasteiger partial charge in [0, 0.05) is 5.69 Å². The highest BCUT2D eigenvalue weighted by Gasteiger charge is 2.23. The first kappa shape index (κ1) is 19.4. The molecule has 3 aromatic rings. The lowest BCUT2D eigenvalue weighted by molar-refractivity contribution is 0.0600. The number of methoxy groups -OCH3 is 1. The predicted octanol–water partition coefficient (Wildman–Crippen LogP) is 4.26. The first-order chi connectivity index (χ1) is 13.5. The van der Waals surface area contributed by atoms with Gasteiger partial charge in [-0.1, -0.05) is 32.4 Å². The van der Waals surface area contributed by atoms with Gasteiger partial charge in [0.15, 0.2) is 0 Å². The number of urea groups is 1. The number of amides is 2. The number of aromatic nitrogens is 2. The Hall–Kier alpha value is -3.35. The summed E-state index contributed by atoms with van der Waals surface area (Å²) < 4.78 is 4.67. The van der Waals surface area contributed by atoms with Crippen molar-refractivity contribution in [2.75, 3.05) is 12.4 Å². The molecule has 0 aliphatic rings. The molecule has 2 atom stereocenters. The van der Waals surface area contributed by atoms with E-state index in [0.717, 1.165) is 23.3 Å². The molecule has 0 aliphatic heterocycles. The highest BCUT2D eigenvalue weighted by atomic mass is 16.5. The maximum absolute atomic E-state index is 12.6. The van der Waals surface area contributed by atoms with E-state index in [2.05, 4.69) is 39.2 Å². The summed E-state index contributed by atoms with van der Waals surface area (Å²) in [7, 11) is 1.33. The molecule has 1 aromatic heterocycles. The molecular weight excluding hydrogens is 356 g/mol. The van der Waals surface area contributed by atoms with Crippen molar-refractivity contribution in [2.45, 2.75) is 26.3 Å². The summed E-state index contributed by atoms with van der Waals surface area (Å²) >= 11 is 0. The van der Waals surface area contributed by atoms with Gasteiger partial charge in [-0.3, -0.25) is 0 Å². The van der Waals surface area contributed by atoms with Crippen LogP contribution >= 0.6 is 0 Å². The number of carbonyl (C=O) groups excluding carboxylic acids is 2. The van der Waals surface area contributed by atoms with Crippen LogP contribution in [0.1, 0.15) is 42.5 Å². The van der Waals surface area contributed by atoms with Gasteiger partial charge in [0.1, 0.15) is 5.82 Å². The Morgan fingerprint density at radius 3 is 2.50 bits per heavy atom. The van der Waals surface area contributed by atoms with Crippen LogP contribution in [0.25, 0.3) is 11.0 Å². The maximum atomic E-state index is 12.6. The monoisotopic (exact) mass is 380 g/mol. The number of imidazole rings is 1. The molecule has 3 N–H and O–H groups in total. The molecule has 0 saturated heterocycles. The fraction of sp³-hybridized carbons (Fsp3) is 0.286. The van der Waals surface area contributed by atoms with Gasteiger partial charge in [0.25, 0.3) is 0 Å². The van der Waals surface area contributed by atoms with Crippen LogP contribution in [0.3, 0.4) is 0 Å². The number of hydrogen-bond donors (Lipinski definition) is 3. The average molecular weight is 380 g/mol. The van der Waals surface area contributed by atoms with Gasteiger partial charge < -0.3 is 20.4 Å². The van der Waals surface area contributed by atoms with E-state index in [1.807, 2.05) is 24.3 Å². The van der Waals surface area contributed by atoms with Crippen LogP contribution in [0.4, 0.5) is 10.5 Å². The lowest BCUT2D eigenvalue weighted by atomic mass is 9.99. The average Bonchev–Trinajstić information content (AvgIpc) is 3.15. The smallest absolute Gasteiger partial charge is 0.337 e. The van der Waals surface area contributed by atoms with Gasteiger partial charge in [0.2, 0.25) is 0 Å². The minimum Gasteiger partial charge on any atom is -0.465 e. The number of anilines is 1. The summed E-state index contributed by atoms with van der Waals surface area (Å²) in [5.41, 5.74) is 2.81. The molecule has 0 unspecified atom stereocenters. The molecule has 2 aromatic carbocycles. The lowest BCUT2D eigenvalue weighted by Crippen LogP contribution is -2.36. The Labute approximate surface area is 163 Å². The first-order valence-electron chi connectivity index (χ1n) is 9.22. The topological polar surface area (TPSA) is 96.1 Å². The van der Waals surface area contributed by atoms with Gasteiger partial charge in [0.05, 0.1) is 29.7 Å². The van der Waals surface area contributed by atoms with Crippen molar-refractivity contribution < 1.29 is 14.3 Å². The summed E-state index contributed by atoms with van der Waals surface area (Å²) in [6.45, 7) is 4.15. The Balaban J connectivity index is 1.73. The number of aromatic amines is 1. The zero-order valence-electron chi connectivity index (χ0n) is 16.2. The number of esters is 1. The van der Waals surface area contributed by atoms with E-state index in [-0.39, 0.29) is 18.0 Å². The Kier molecular flexibility index (Phi) is 5.93. The second kappa shape index (κ2) is 8.56. The van der Waals surface area contributed by atoms with Crippen molar-refractivity contribution in [3.05, 3.63) is 59.9 Å². The number of hydrogen-bond acceptors (Lipinski definition) is 4. The zero-order valence-corrected chi connectivity index (χ0v) is 16.2. The molecule has 0 fully saturated rings. The molecule has 1 heterocycles. The van der Waals surface area contributed by atoms with Gasteiger partial charge >= 0.3 is 12.0 Å². The Bertz CT molecular complexity index is 932. The number of ether oxygens (including phenoxy) is 1. The summed E-state index contributed by atoms with van der Waals surface area (Å²) in [5, 5.41) is 5.80. The van der Waals surface area contributed by atoms with Gasteiger partial charge in [-0.25, -0.2) is 14.6 Å². The van der Waals surface area contributed by atoms with Crippen LogP contribution in [-0.2, 0) is 4.74 Å². The normalized spacial score (nSPS) is 13.0. The molecule has 0 saturated carbocycles. The second-order valence-electron chi connectivity index (χ2n) is 6.67. The van der Waals surface area contributed by atoms with Crippen LogP contribution in [0.15, 0.2) is 48.5 Å². The minimum absolute atomic E-state index is 0.188. The summed E-state index contributed by atoms with van der Waals surface area (Å²) in [6.07, 6.45) is 0.885. The van der Waals surface area contributed by atoms with E-state index in [1.54, 1.807) is 24.3 Å².